The molecule has 0 aliphatic heterocycles. The monoisotopic (exact) mass is 338 g/mol. The fraction of sp³-hybridized carbons (Fsp3) is 0.118. The average molecular weight is 338 g/mol. The number of rotatable bonds is 4. The second-order valence-corrected chi connectivity index (χ2v) is 6.14. The first kappa shape index (κ1) is 14.8. The van der Waals surface area contributed by atoms with Crippen molar-refractivity contribution in [2.75, 3.05) is 7.11 Å². The SMILES string of the molecule is COC(=O)c1cccn2cc(CSc3ncc4ccccn34)nc12. The Morgan fingerprint density at radius 2 is 2.17 bits per heavy atom. The highest BCUT2D eigenvalue weighted by molar-refractivity contribution is 7.98. The highest BCUT2D eigenvalue weighted by atomic mass is 32.2. The Balaban J connectivity index is 1.62. The molecule has 7 heteroatoms. The molecule has 6 nitrogen and oxygen atoms in total. The van der Waals surface area contributed by atoms with Gasteiger partial charge in [0, 0.05) is 24.3 Å². The van der Waals surface area contributed by atoms with Gasteiger partial charge in [-0.1, -0.05) is 17.8 Å². The second kappa shape index (κ2) is 6.01. The van der Waals surface area contributed by atoms with Crippen molar-refractivity contribution in [2.24, 2.45) is 0 Å². The van der Waals surface area contributed by atoms with Crippen LogP contribution in [0, 0.1) is 0 Å². The van der Waals surface area contributed by atoms with Crippen LogP contribution in [0.5, 0.6) is 0 Å². The molecule has 0 saturated carbocycles. The van der Waals surface area contributed by atoms with Gasteiger partial charge >= 0.3 is 5.97 Å². The van der Waals surface area contributed by atoms with Crippen LogP contribution in [0.3, 0.4) is 0 Å². The number of pyridine rings is 2. The van der Waals surface area contributed by atoms with E-state index in [0.29, 0.717) is 17.0 Å². The number of thioether (sulfide) groups is 1. The van der Waals surface area contributed by atoms with E-state index in [4.69, 9.17) is 4.74 Å². The molecule has 0 radical (unpaired) electrons. The van der Waals surface area contributed by atoms with Gasteiger partial charge in [-0.2, -0.15) is 0 Å². The van der Waals surface area contributed by atoms with Crippen LogP contribution in [-0.2, 0) is 10.5 Å². The number of hydrogen-bond donors (Lipinski definition) is 0. The van der Waals surface area contributed by atoms with Crippen LogP contribution in [0.15, 0.2) is 60.3 Å². The zero-order chi connectivity index (χ0) is 16.5. The minimum Gasteiger partial charge on any atom is -0.465 e. The van der Waals surface area contributed by atoms with Crippen molar-refractivity contribution in [1.29, 1.82) is 0 Å². The van der Waals surface area contributed by atoms with Crippen molar-refractivity contribution in [1.82, 2.24) is 18.8 Å². The molecule has 0 spiro atoms. The maximum Gasteiger partial charge on any atom is 0.341 e. The summed E-state index contributed by atoms with van der Waals surface area (Å²) in [5, 5.41) is 0.913. The largest absolute Gasteiger partial charge is 0.465 e. The van der Waals surface area contributed by atoms with Crippen LogP contribution in [0.25, 0.3) is 11.2 Å². The lowest BCUT2D eigenvalue weighted by molar-refractivity contribution is 0.0602. The Morgan fingerprint density at radius 1 is 1.25 bits per heavy atom. The van der Waals surface area contributed by atoms with Gasteiger partial charge in [0.15, 0.2) is 10.8 Å². The van der Waals surface area contributed by atoms with E-state index in [1.165, 1.54) is 7.11 Å². The number of aromatic nitrogens is 4. The van der Waals surface area contributed by atoms with Gasteiger partial charge < -0.3 is 9.14 Å². The van der Waals surface area contributed by atoms with Crippen LogP contribution in [-0.4, -0.2) is 31.8 Å². The van der Waals surface area contributed by atoms with Crippen LogP contribution in [0.2, 0.25) is 0 Å². The lowest BCUT2D eigenvalue weighted by Gasteiger charge is -2.00. The standard InChI is InChI=1S/C17H14N4O2S/c1-23-16(22)14-6-4-7-20-10-12(19-15(14)20)11-24-17-18-9-13-5-2-3-8-21(13)17/h2-10H,11H2,1H3. The summed E-state index contributed by atoms with van der Waals surface area (Å²) in [5.74, 6) is 0.278. The fourth-order valence-electron chi connectivity index (χ4n) is 2.57. The van der Waals surface area contributed by atoms with Crippen LogP contribution in [0.4, 0.5) is 0 Å². The van der Waals surface area contributed by atoms with Gasteiger partial charge in [0.05, 0.1) is 24.5 Å². The Morgan fingerprint density at radius 3 is 3.04 bits per heavy atom. The van der Waals surface area contributed by atoms with Gasteiger partial charge in [0.25, 0.3) is 0 Å². The van der Waals surface area contributed by atoms with Crippen molar-refractivity contribution in [3.05, 3.63) is 66.4 Å². The number of hydrogen-bond acceptors (Lipinski definition) is 5. The molecule has 4 rings (SSSR count). The molecular formula is C17H14N4O2S. The molecule has 0 fully saturated rings. The molecule has 120 valence electrons. The number of esters is 1. The highest BCUT2D eigenvalue weighted by Gasteiger charge is 2.14. The maximum atomic E-state index is 11.8. The summed E-state index contributed by atoms with van der Waals surface area (Å²) < 4.78 is 8.69. The van der Waals surface area contributed by atoms with E-state index in [0.717, 1.165) is 16.4 Å². The Labute approximate surface area is 142 Å². The van der Waals surface area contributed by atoms with Gasteiger partial charge in [-0.25, -0.2) is 14.8 Å². The van der Waals surface area contributed by atoms with Crippen LogP contribution < -0.4 is 0 Å². The molecule has 4 heterocycles. The van der Waals surface area contributed by atoms with Crippen molar-refractivity contribution in [3.63, 3.8) is 0 Å². The number of carbonyl (C=O) groups excluding carboxylic acids is 1. The summed E-state index contributed by atoms with van der Waals surface area (Å²) in [6, 6.07) is 9.51. The number of nitrogens with zero attached hydrogens (tertiary/aromatic N) is 4. The Hall–Kier alpha value is -2.80. The van der Waals surface area contributed by atoms with Crippen molar-refractivity contribution >= 4 is 28.9 Å². The Kier molecular flexibility index (Phi) is 3.70. The third-order valence-corrected chi connectivity index (χ3v) is 4.69. The van der Waals surface area contributed by atoms with E-state index in [-0.39, 0.29) is 5.97 Å². The second-order valence-electron chi connectivity index (χ2n) is 5.20. The van der Waals surface area contributed by atoms with Crippen molar-refractivity contribution in [2.45, 2.75) is 10.9 Å². The van der Waals surface area contributed by atoms with E-state index in [1.54, 1.807) is 23.9 Å². The van der Waals surface area contributed by atoms with Crippen molar-refractivity contribution in [3.8, 4) is 0 Å². The zero-order valence-corrected chi connectivity index (χ0v) is 13.7. The van der Waals surface area contributed by atoms with Gasteiger partial charge in [-0.3, -0.25) is 4.40 Å². The lowest BCUT2D eigenvalue weighted by Crippen LogP contribution is -2.03. The quantitative estimate of drug-likeness (QED) is 0.423. The lowest BCUT2D eigenvalue weighted by atomic mass is 10.3. The van der Waals surface area contributed by atoms with Crippen LogP contribution in [0.1, 0.15) is 16.1 Å². The van der Waals surface area contributed by atoms with Crippen LogP contribution >= 0.6 is 11.8 Å². The molecule has 4 aromatic rings. The number of imidazole rings is 2. The summed E-state index contributed by atoms with van der Waals surface area (Å²) >= 11 is 1.60. The summed E-state index contributed by atoms with van der Waals surface area (Å²) in [7, 11) is 1.37. The van der Waals surface area contributed by atoms with E-state index in [9.17, 15) is 4.79 Å². The maximum absolute atomic E-state index is 11.8. The van der Waals surface area contributed by atoms with Gasteiger partial charge in [0.2, 0.25) is 0 Å². The fourth-order valence-corrected chi connectivity index (χ4v) is 3.42. The average Bonchev–Trinajstić information content (AvgIpc) is 3.22. The summed E-state index contributed by atoms with van der Waals surface area (Å²) in [4.78, 5) is 20.8. The molecule has 0 saturated heterocycles. The molecule has 0 bridgehead atoms. The first-order valence-corrected chi connectivity index (χ1v) is 8.34. The number of carbonyl (C=O) groups is 1. The first-order chi connectivity index (χ1) is 11.8. The molecule has 24 heavy (non-hydrogen) atoms. The molecule has 0 N–H and O–H groups in total. The molecule has 0 atom stereocenters. The number of ether oxygens (including phenoxy) is 1. The minimum absolute atomic E-state index is 0.385. The number of fused-ring (bicyclic) bond motifs is 2. The normalized spacial score (nSPS) is 11.2. The molecule has 0 aliphatic rings. The third kappa shape index (κ3) is 2.52. The predicted octanol–water partition coefficient (Wildman–Crippen LogP) is 3.06. The van der Waals surface area contributed by atoms with Gasteiger partial charge in [-0.15, -0.1) is 0 Å². The molecular weight excluding hydrogens is 324 g/mol. The molecule has 0 aromatic carbocycles. The van der Waals surface area contributed by atoms with Gasteiger partial charge in [0.1, 0.15) is 5.56 Å². The van der Waals surface area contributed by atoms with E-state index < -0.39 is 0 Å². The summed E-state index contributed by atoms with van der Waals surface area (Å²) in [6.07, 6.45) is 7.63. The van der Waals surface area contributed by atoms with Crippen molar-refractivity contribution < 1.29 is 9.53 Å². The summed E-state index contributed by atoms with van der Waals surface area (Å²) in [5.41, 5.74) is 3.00. The smallest absolute Gasteiger partial charge is 0.341 e. The topological polar surface area (TPSA) is 60.9 Å². The molecule has 4 aromatic heterocycles. The number of methoxy groups -OCH3 is 1. The predicted molar refractivity (Wildman–Crippen MR) is 91.3 cm³/mol. The third-order valence-electron chi connectivity index (χ3n) is 3.69. The van der Waals surface area contributed by atoms with Gasteiger partial charge in [-0.05, 0) is 24.3 Å². The highest BCUT2D eigenvalue weighted by Crippen LogP contribution is 2.23. The minimum atomic E-state index is -0.385. The van der Waals surface area contributed by atoms with E-state index >= 15 is 0 Å². The zero-order valence-electron chi connectivity index (χ0n) is 12.9. The summed E-state index contributed by atoms with van der Waals surface area (Å²) in [6.45, 7) is 0. The van der Waals surface area contributed by atoms with E-state index in [2.05, 4.69) is 9.97 Å². The van der Waals surface area contributed by atoms with E-state index in [1.807, 2.05) is 51.8 Å². The molecule has 0 aliphatic carbocycles. The first-order valence-electron chi connectivity index (χ1n) is 7.36. The Bertz CT molecular complexity index is 1040. The molecule has 0 unspecified atom stereocenters. The molecule has 0 amide bonds.